The fourth-order valence-corrected chi connectivity index (χ4v) is 3.49. The van der Waals surface area contributed by atoms with Gasteiger partial charge in [0, 0.05) is 0 Å². The minimum atomic E-state index is -3.68. The molecule has 10 heteroatoms. The van der Waals surface area contributed by atoms with Crippen molar-refractivity contribution in [1.82, 2.24) is 4.98 Å². The van der Waals surface area contributed by atoms with Crippen LogP contribution in [-0.4, -0.2) is 16.4 Å². The molecule has 0 atom stereocenters. The maximum absolute atomic E-state index is 11.3. The van der Waals surface area contributed by atoms with E-state index in [1.54, 1.807) is 0 Å². The number of aromatic nitrogens is 1. The quantitative estimate of drug-likeness (QED) is 0.377. The molecule has 4 rings (SSSR count). The molecule has 96 valence electrons. The zero-order chi connectivity index (χ0) is 13.1. The van der Waals surface area contributed by atoms with Gasteiger partial charge in [-0.2, -0.15) is 4.89 Å². The molecule has 3 fully saturated rings. The van der Waals surface area contributed by atoms with Gasteiger partial charge >= 0.3 is 13.8 Å². The number of aromatic hydroxyl groups is 1. The molecule has 3 aliphatic heterocycles. The van der Waals surface area contributed by atoms with Gasteiger partial charge in [0.2, 0.25) is 0 Å². The first-order valence-corrected chi connectivity index (χ1v) is 6.90. The van der Waals surface area contributed by atoms with E-state index in [2.05, 4.69) is 30.5 Å². The molecule has 0 spiro atoms. The van der Waals surface area contributed by atoms with Gasteiger partial charge in [-0.15, -0.1) is 4.67 Å². The average molecular weight is 338 g/mol. The molecular formula is C8H5BrNO7P. The van der Waals surface area contributed by atoms with Crippen molar-refractivity contribution in [1.29, 1.82) is 0 Å². The molecule has 1 aromatic rings. The number of aryl methyl sites for hydroxylation is 1. The highest BCUT2D eigenvalue weighted by Crippen LogP contribution is 2.76. The first-order valence-electron chi connectivity index (χ1n) is 4.64. The summed E-state index contributed by atoms with van der Waals surface area (Å²) in [5.74, 6) is -2.27. The number of hydrogen-bond acceptors (Lipinski definition) is 8. The summed E-state index contributed by atoms with van der Waals surface area (Å²) in [5, 5.41) is 9.77. The van der Waals surface area contributed by atoms with Crippen molar-refractivity contribution in [3.63, 3.8) is 0 Å². The Morgan fingerprint density at radius 3 is 2.67 bits per heavy atom. The minimum absolute atomic E-state index is 0.0374. The summed E-state index contributed by atoms with van der Waals surface area (Å²) >= 11 is 3.09. The van der Waals surface area contributed by atoms with E-state index in [9.17, 15) is 14.5 Å². The van der Waals surface area contributed by atoms with E-state index in [0.29, 0.717) is 6.29 Å². The van der Waals surface area contributed by atoms with Crippen molar-refractivity contribution in [3.05, 3.63) is 21.4 Å². The third kappa shape index (κ3) is 1.43. The van der Waals surface area contributed by atoms with Gasteiger partial charge in [0.1, 0.15) is 10.4 Å². The molecule has 0 unspecified atom stereocenters. The predicted molar refractivity (Wildman–Crippen MR) is 57.4 cm³/mol. The number of pyridine rings is 1. The fourth-order valence-electron chi connectivity index (χ4n) is 1.68. The summed E-state index contributed by atoms with van der Waals surface area (Å²) in [6, 6.07) is 0. The maximum atomic E-state index is 11.3. The van der Waals surface area contributed by atoms with E-state index in [4.69, 9.17) is 9.05 Å². The van der Waals surface area contributed by atoms with Crippen molar-refractivity contribution in [3.8, 4) is 5.75 Å². The molecule has 18 heavy (non-hydrogen) atoms. The van der Waals surface area contributed by atoms with Crippen molar-refractivity contribution in [2.45, 2.75) is 12.9 Å². The molecule has 0 amide bonds. The van der Waals surface area contributed by atoms with E-state index in [1.165, 1.54) is 6.92 Å². The van der Waals surface area contributed by atoms with E-state index in [1.807, 2.05) is 0 Å². The van der Waals surface area contributed by atoms with E-state index >= 15 is 0 Å². The first-order chi connectivity index (χ1) is 8.41. The Bertz CT molecular complexity index is 608. The van der Waals surface area contributed by atoms with Crippen LogP contribution in [0.2, 0.25) is 0 Å². The Labute approximate surface area is 108 Å². The molecule has 8 nitrogen and oxygen atoms in total. The largest absolute Gasteiger partial charge is 0.511 e. The summed E-state index contributed by atoms with van der Waals surface area (Å²) in [6.07, 6.45) is 0.385. The van der Waals surface area contributed by atoms with Crippen LogP contribution < -0.4 is 0 Å². The topological polar surface area (TPSA) is 104 Å². The number of phosphoric ester groups is 1. The Morgan fingerprint density at radius 1 is 1.50 bits per heavy atom. The lowest BCUT2D eigenvalue weighted by Gasteiger charge is -2.31. The second-order valence-electron chi connectivity index (χ2n) is 3.59. The zero-order valence-electron chi connectivity index (χ0n) is 8.75. The molecule has 1 aromatic heterocycles. The number of aldehydes is 1. The molecule has 3 saturated heterocycles. The van der Waals surface area contributed by atoms with Crippen molar-refractivity contribution < 1.29 is 33.1 Å². The van der Waals surface area contributed by atoms with E-state index in [-0.39, 0.29) is 27.2 Å². The smallest absolute Gasteiger partial charge is 0.505 e. The van der Waals surface area contributed by atoms with Crippen LogP contribution in [0.15, 0.2) is 4.60 Å². The van der Waals surface area contributed by atoms with E-state index < -0.39 is 13.8 Å². The fraction of sp³-hybridized carbons (Fsp3) is 0.250. The predicted octanol–water partition coefficient (Wildman–Crippen LogP) is 1.90. The number of hydrogen-bond donors (Lipinski definition) is 1. The van der Waals surface area contributed by atoms with Gasteiger partial charge in [-0.25, -0.2) is 18.6 Å². The van der Waals surface area contributed by atoms with Crippen LogP contribution >= 0.6 is 23.8 Å². The SMILES string of the molecule is Cc1nc(Br)c(C23OOP(=O)(O2)O3)c(C=O)c1O. The number of rotatable bonds is 2. The molecule has 0 saturated carbocycles. The highest BCUT2D eigenvalue weighted by Gasteiger charge is 2.71. The normalized spacial score (nSPS) is 33.2. The number of fused-ring (bicyclic) bond motifs is 1. The molecule has 3 aliphatic rings. The standard InChI is InChI=1S/C8H5BrNO7P/c1-3-6(12)4(2-11)5(7(9)10-3)8-14-17-18(13,15-8)16-8/h2,12H,1H3. The lowest BCUT2D eigenvalue weighted by molar-refractivity contribution is -0.387. The van der Waals surface area contributed by atoms with Crippen molar-refractivity contribution in [2.24, 2.45) is 0 Å². The number of carbonyl (C=O) groups is 1. The second kappa shape index (κ2) is 3.60. The highest BCUT2D eigenvalue weighted by molar-refractivity contribution is 9.10. The van der Waals surface area contributed by atoms with E-state index in [0.717, 1.165) is 0 Å². The van der Waals surface area contributed by atoms with Gasteiger partial charge in [0.25, 0.3) is 0 Å². The van der Waals surface area contributed by atoms with Gasteiger partial charge in [-0.05, 0) is 22.9 Å². The Kier molecular flexibility index (Phi) is 2.44. The average Bonchev–Trinajstić information content (AvgIpc) is 2.76. The number of phosphoric acid groups is 1. The summed E-state index contributed by atoms with van der Waals surface area (Å²) in [6.45, 7) is 1.51. The third-order valence-electron chi connectivity index (χ3n) is 2.47. The van der Waals surface area contributed by atoms with Gasteiger partial charge < -0.3 is 5.11 Å². The lowest BCUT2D eigenvalue weighted by atomic mass is 10.1. The zero-order valence-corrected chi connectivity index (χ0v) is 11.2. The minimum Gasteiger partial charge on any atom is -0.505 e. The van der Waals surface area contributed by atoms with Gasteiger partial charge in [0.15, 0.2) is 6.29 Å². The Morgan fingerprint density at radius 2 is 2.17 bits per heavy atom. The summed E-state index contributed by atoms with van der Waals surface area (Å²) in [5.41, 5.74) is 0.0428. The van der Waals surface area contributed by atoms with Crippen LogP contribution in [0.25, 0.3) is 0 Å². The monoisotopic (exact) mass is 337 g/mol. The van der Waals surface area contributed by atoms with Crippen LogP contribution in [0.4, 0.5) is 0 Å². The van der Waals surface area contributed by atoms with Crippen LogP contribution in [0.3, 0.4) is 0 Å². The Balaban J connectivity index is 2.22. The lowest BCUT2D eigenvalue weighted by Crippen LogP contribution is -2.36. The van der Waals surface area contributed by atoms with Gasteiger partial charge in [-0.3, -0.25) is 4.79 Å². The number of halogens is 1. The van der Waals surface area contributed by atoms with Crippen LogP contribution in [0.1, 0.15) is 21.6 Å². The third-order valence-corrected chi connectivity index (χ3v) is 4.22. The summed E-state index contributed by atoms with van der Waals surface area (Å²) < 4.78 is 25.6. The van der Waals surface area contributed by atoms with Gasteiger partial charge in [0.05, 0.1) is 16.8 Å². The highest BCUT2D eigenvalue weighted by atomic mass is 79.9. The second-order valence-corrected chi connectivity index (χ2v) is 5.75. The molecular weight excluding hydrogens is 333 g/mol. The van der Waals surface area contributed by atoms with Gasteiger partial charge in [-0.1, -0.05) is 0 Å². The molecule has 0 aliphatic carbocycles. The first kappa shape index (κ1) is 12.2. The number of carbonyl (C=O) groups excluding carboxylic acids is 1. The maximum Gasteiger partial charge on any atom is 0.511 e. The summed E-state index contributed by atoms with van der Waals surface area (Å²) in [4.78, 5) is 19.7. The van der Waals surface area contributed by atoms with Crippen LogP contribution in [0.5, 0.6) is 5.75 Å². The van der Waals surface area contributed by atoms with Crippen molar-refractivity contribution >= 4 is 30.0 Å². The Hall–Kier alpha value is -0.830. The molecule has 0 aromatic carbocycles. The van der Waals surface area contributed by atoms with Crippen LogP contribution in [0, 0.1) is 6.92 Å². The molecule has 1 N–H and O–H groups in total. The number of nitrogens with zero attached hydrogens (tertiary/aromatic N) is 1. The van der Waals surface area contributed by atoms with Crippen molar-refractivity contribution in [2.75, 3.05) is 0 Å². The molecule has 4 heterocycles. The van der Waals surface area contributed by atoms with Crippen LogP contribution in [-0.2, 0) is 29.1 Å². The summed E-state index contributed by atoms with van der Waals surface area (Å²) in [7, 11) is -3.68. The molecule has 2 bridgehead atoms. The molecule has 0 radical (unpaired) electrons.